The number of hydrazine groups is 1. The van der Waals surface area contributed by atoms with E-state index in [-0.39, 0.29) is 6.04 Å². The fourth-order valence-electron chi connectivity index (χ4n) is 2.08. The number of halogens is 1. The molecule has 6 nitrogen and oxygen atoms in total. The molecule has 1 rings (SSSR count). The highest BCUT2D eigenvalue weighted by Gasteiger charge is 2.34. The second-order valence-electron chi connectivity index (χ2n) is 4.73. The lowest BCUT2D eigenvalue weighted by molar-refractivity contribution is -0.0416. The third-order valence-electron chi connectivity index (χ3n) is 2.99. The van der Waals surface area contributed by atoms with Crippen LogP contribution in [-0.2, 0) is 16.0 Å². The molecule has 19 heavy (non-hydrogen) atoms. The summed E-state index contributed by atoms with van der Waals surface area (Å²) in [7, 11) is 1.67. The minimum absolute atomic E-state index is 0.179. The Morgan fingerprint density at radius 1 is 1.58 bits per heavy atom. The summed E-state index contributed by atoms with van der Waals surface area (Å²) in [6, 6.07) is -0.179. The van der Waals surface area contributed by atoms with Gasteiger partial charge in [0.15, 0.2) is 0 Å². The van der Waals surface area contributed by atoms with Crippen LogP contribution in [-0.4, -0.2) is 35.7 Å². The van der Waals surface area contributed by atoms with Gasteiger partial charge in [0.1, 0.15) is 0 Å². The monoisotopic (exact) mass is 334 g/mol. The number of nitrogens with two attached hydrogens (primary N) is 1. The van der Waals surface area contributed by atoms with Gasteiger partial charge in [0.25, 0.3) is 0 Å². The largest absolute Gasteiger partial charge is 0.383 e. The third-order valence-corrected chi connectivity index (χ3v) is 3.60. The Morgan fingerprint density at radius 2 is 2.26 bits per heavy atom. The van der Waals surface area contributed by atoms with Crippen molar-refractivity contribution in [3.8, 4) is 0 Å². The molecule has 0 aliphatic carbocycles. The van der Waals surface area contributed by atoms with Gasteiger partial charge in [-0.15, -0.1) is 0 Å². The smallest absolute Gasteiger partial charge is 0.0924 e. The molecule has 1 aromatic rings. The molecule has 0 radical (unpaired) electrons. The number of methoxy groups -OCH3 is 1. The standard InChI is InChI=1S/C12H23BrN4O2/c1-5-19-12(2,3)11(16-14)10-9(13)8-15-17(10)6-7-18-4/h8,11,16H,5-7,14H2,1-4H3. The number of hydrogen-bond donors (Lipinski definition) is 2. The van der Waals surface area contributed by atoms with Crippen LogP contribution < -0.4 is 11.3 Å². The van der Waals surface area contributed by atoms with Crippen LogP contribution in [0.15, 0.2) is 10.7 Å². The van der Waals surface area contributed by atoms with Gasteiger partial charge >= 0.3 is 0 Å². The maximum atomic E-state index is 5.78. The molecule has 0 spiro atoms. The maximum absolute atomic E-state index is 5.78. The Labute approximate surface area is 122 Å². The second kappa shape index (κ2) is 7.35. The molecule has 110 valence electrons. The molecule has 0 aliphatic rings. The van der Waals surface area contributed by atoms with E-state index >= 15 is 0 Å². The van der Waals surface area contributed by atoms with E-state index in [1.165, 1.54) is 0 Å². The molecule has 0 amide bonds. The van der Waals surface area contributed by atoms with E-state index in [0.29, 0.717) is 19.8 Å². The molecule has 3 N–H and O–H groups in total. The summed E-state index contributed by atoms with van der Waals surface area (Å²) >= 11 is 3.52. The SMILES string of the molecule is CCOC(C)(C)C(NN)c1c(Br)cnn1CCOC. The molecule has 7 heteroatoms. The zero-order valence-corrected chi connectivity index (χ0v) is 13.5. The third kappa shape index (κ3) is 4.00. The summed E-state index contributed by atoms with van der Waals surface area (Å²) in [4.78, 5) is 0. The Bertz CT molecular complexity index is 395. The minimum Gasteiger partial charge on any atom is -0.383 e. The summed E-state index contributed by atoms with van der Waals surface area (Å²) in [5.41, 5.74) is 3.34. The highest BCUT2D eigenvalue weighted by atomic mass is 79.9. The fourth-order valence-corrected chi connectivity index (χ4v) is 2.60. The topological polar surface area (TPSA) is 74.3 Å². The first-order chi connectivity index (χ1) is 8.97. The molecule has 0 fully saturated rings. The van der Waals surface area contributed by atoms with Gasteiger partial charge in [-0.05, 0) is 36.7 Å². The molecule has 0 bridgehead atoms. The highest BCUT2D eigenvalue weighted by molar-refractivity contribution is 9.10. The van der Waals surface area contributed by atoms with Crippen molar-refractivity contribution in [2.24, 2.45) is 5.84 Å². The van der Waals surface area contributed by atoms with Gasteiger partial charge in [-0.2, -0.15) is 5.10 Å². The summed E-state index contributed by atoms with van der Waals surface area (Å²) in [5, 5.41) is 4.33. The van der Waals surface area contributed by atoms with Crippen molar-refractivity contribution in [1.82, 2.24) is 15.2 Å². The van der Waals surface area contributed by atoms with Gasteiger partial charge < -0.3 is 9.47 Å². The van der Waals surface area contributed by atoms with Crippen LogP contribution in [0.3, 0.4) is 0 Å². The quantitative estimate of drug-likeness (QED) is 0.558. The molecule has 0 aromatic carbocycles. The first-order valence-electron chi connectivity index (χ1n) is 6.28. The van der Waals surface area contributed by atoms with Gasteiger partial charge in [0.2, 0.25) is 0 Å². The lowest BCUT2D eigenvalue weighted by atomic mass is 9.96. The van der Waals surface area contributed by atoms with E-state index in [2.05, 4.69) is 26.5 Å². The molecular formula is C12H23BrN4O2. The predicted octanol–water partition coefficient (Wildman–Crippen LogP) is 1.61. The van der Waals surface area contributed by atoms with E-state index in [1.54, 1.807) is 13.3 Å². The molecule has 1 aromatic heterocycles. The van der Waals surface area contributed by atoms with Crippen molar-refractivity contribution in [3.05, 3.63) is 16.4 Å². The first-order valence-corrected chi connectivity index (χ1v) is 7.07. The Hall–Kier alpha value is -0.470. The fraction of sp³-hybridized carbons (Fsp3) is 0.750. The Kier molecular flexibility index (Phi) is 6.41. The van der Waals surface area contributed by atoms with Gasteiger partial charge in [-0.25, -0.2) is 5.43 Å². The normalized spacial score (nSPS) is 13.8. The maximum Gasteiger partial charge on any atom is 0.0924 e. The number of nitrogens with one attached hydrogen (secondary N) is 1. The zero-order valence-electron chi connectivity index (χ0n) is 11.9. The molecule has 1 heterocycles. The van der Waals surface area contributed by atoms with E-state index in [4.69, 9.17) is 15.3 Å². The number of hydrogen-bond acceptors (Lipinski definition) is 5. The van der Waals surface area contributed by atoms with Crippen LogP contribution >= 0.6 is 15.9 Å². The van der Waals surface area contributed by atoms with E-state index in [1.807, 2.05) is 25.5 Å². The van der Waals surface area contributed by atoms with Crippen molar-refractivity contribution >= 4 is 15.9 Å². The lowest BCUT2D eigenvalue weighted by Gasteiger charge is -2.34. The highest BCUT2D eigenvalue weighted by Crippen LogP contribution is 2.32. The molecule has 0 aliphatic heterocycles. The van der Waals surface area contributed by atoms with Crippen molar-refractivity contribution in [3.63, 3.8) is 0 Å². The van der Waals surface area contributed by atoms with Crippen LogP contribution in [0.1, 0.15) is 32.5 Å². The summed E-state index contributed by atoms with van der Waals surface area (Å²) in [6.07, 6.45) is 1.76. The molecular weight excluding hydrogens is 312 g/mol. The van der Waals surface area contributed by atoms with Crippen molar-refractivity contribution in [2.75, 3.05) is 20.3 Å². The van der Waals surface area contributed by atoms with Crippen LogP contribution in [0.25, 0.3) is 0 Å². The van der Waals surface area contributed by atoms with E-state index in [0.717, 1.165) is 10.2 Å². The van der Waals surface area contributed by atoms with Crippen LogP contribution in [0.2, 0.25) is 0 Å². The molecule has 1 atom stereocenters. The Morgan fingerprint density at radius 3 is 2.79 bits per heavy atom. The Balaban J connectivity index is 3.06. The zero-order chi connectivity index (χ0) is 14.5. The van der Waals surface area contributed by atoms with Crippen molar-refractivity contribution < 1.29 is 9.47 Å². The first kappa shape index (κ1) is 16.6. The molecule has 0 saturated heterocycles. The minimum atomic E-state index is -0.448. The number of rotatable bonds is 8. The van der Waals surface area contributed by atoms with Crippen molar-refractivity contribution in [1.29, 1.82) is 0 Å². The average Bonchev–Trinajstić information content (AvgIpc) is 2.69. The van der Waals surface area contributed by atoms with E-state index < -0.39 is 5.60 Å². The van der Waals surface area contributed by atoms with E-state index in [9.17, 15) is 0 Å². The average molecular weight is 335 g/mol. The number of ether oxygens (including phenoxy) is 2. The molecule has 1 unspecified atom stereocenters. The number of aromatic nitrogens is 2. The second-order valence-corrected chi connectivity index (χ2v) is 5.58. The summed E-state index contributed by atoms with van der Waals surface area (Å²) in [5.74, 6) is 5.72. The number of nitrogens with zero attached hydrogens (tertiary/aromatic N) is 2. The van der Waals surface area contributed by atoms with Crippen LogP contribution in [0.4, 0.5) is 0 Å². The van der Waals surface area contributed by atoms with Crippen LogP contribution in [0, 0.1) is 0 Å². The predicted molar refractivity (Wildman–Crippen MR) is 77.6 cm³/mol. The van der Waals surface area contributed by atoms with Gasteiger partial charge in [0.05, 0.1) is 41.2 Å². The van der Waals surface area contributed by atoms with Crippen molar-refractivity contribution in [2.45, 2.75) is 39.0 Å². The van der Waals surface area contributed by atoms with Gasteiger partial charge in [-0.3, -0.25) is 10.5 Å². The summed E-state index contributed by atoms with van der Waals surface area (Å²) < 4.78 is 13.7. The molecule has 0 saturated carbocycles. The summed E-state index contributed by atoms with van der Waals surface area (Å²) in [6.45, 7) is 7.84. The van der Waals surface area contributed by atoms with Crippen LogP contribution in [0.5, 0.6) is 0 Å². The lowest BCUT2D eigenvalue weighted by Crippen LogP contribution is -2.45. The van der Waals surface area contributed by atoms with Gasteiger partial charge in [-0.1, -0.05) is 0 Å². The van der Waals surface area contributed by atoms with Gasteiger partial charge in [0, 0.05) is 13.7 Å².